The molecule has 0 aliphatic rings. The second kappa shape index (κ2) is 8.91. The Morgan fingerprint density at radius 2 is 1.77 bits per heavy atom. The molecule has 2 aromatic heterocycles. The first-order valence-electron chi connectivity index (χ1n) is 9.59. The molecule has 0 unspecified atom stereocenters. The molecule has 0 aliphatic carbocycles. The van der Waals surface area contributed by atoms with Gasteiger partial charge in [-0.2, -0.15) is 5.10 Å². The molecule has 0 spiro atoms. The number of aromatic nitrogens is 3. The summed E-state index contributed by atoms with van der Waals surface area (Å²) in [4.78, 5) is 19.0. The second-order valence-electron chi connectivity index (χ2n) is 6.66. The molecule has 150 valence electrons. The van der Waals surface area contributed by atoms with Crippen LogP contribution in [0.2, 0.25) is 0 Å². The van der Waals surface area contributed by atoms with Crippen molar-refractivity contribution >= 4 is 23.1 Å². The summed E-state index contributed by atoms with van der Waals surface area (Å²) in [6.07, 6.45) is 5.22. The molecule has 30 heavy (non-hydrogen) atoms. The fourth-order valence-corrected chi connectivity index (χ4v) is 3.17. The normalized spacial score (nSPS) is 10.4. The van der Waals surface area contributed by atoms with E-state index in [9.17, 15) is 4.79 Å². The van der Waals surface area contributed by atoms with Crippen molar-refractivity contribution in [3.63, 3.8) is 0 Å². The lowest BCUT2D eigenvalue weighted by atomic mass is 10.2. The van der Waals surface area contributed by atoms with E-state index in [-0.39, 0.29) is 6.03 Å². The van der Waals surface area contributed by atoms with Gasteiger partial charge in [0.2, 0.25) is 0 Å². The van der Waals surface area contributed by atoms with Gasteiger partial charge in [-0.3, -0.25) is 0 Å². The lowest BCUT2D eigenvalue weighted by Crippen LogP contribution is -2.29. The summed E-state index contributed by atoms with van der Waals surface area (Å²) >= 11 is 0. The number of amides is 2. The maximum atomic E-state index is 12.6. The van der Waals surface area contributed by atoms with E-state index >= 15 is 0 Å². The first kappa shape index (κ1) is 19.2. The Morgan fingerprint density at radius 1 is 0.967 bits per heavy atom. The SMILES string of the molecule is CN(c1ccccc1)c1ccccc1NC(=O)NCc1cccnc1-n1cccn1. The van der Waals surface area contributed by atoms with Crippen molar-refractivity contribution in [3.05, 3.63) is 97.0 Å². The van der Waals surface area contributed by atoms with E-state index in [1.165, 1.54) is 0 Å². The summed E-state index contributed by atoms with van der Waals surface area (Å²) in [6.45, 7) is 0.325. The number of nitrogens with one attached hydrogen (secondary N) is 2. The lowest BCUT2D eigenvalue weighted by molar-refractivity contribution is 0.251. The molecule has 0 saturated carbocycles. The minimum atomic E-state index is -0.292. The molecule has 0 fully saturated rings. The van der Waals surface area contributed by atoms with Crippen LogP contribution in [-0.4, -0.2) is 27.8 Å². The third-order valence-corrected chi connectivity index (χ3v) is 4.69. The van der Waals surface area contributed by atoms with Crippen LogP contribution in [0.3, 0.4) is 0 Å². The van der Waals surface area contributed by atoms with Crippen LogP contribution in [0, 0.1) is 0 Å². The highest BCUT2D eigenvalue weighted by Crippen LogP contribution is 2.30. The molecule has 2 N–H and O–H groups in total. The zero-order valence-corrected chi connectivity index (χ0v) is 16.6. The van der Waals surface area contributed by atoms with Crippen molar-refractivity contribution < 1.29 is 4.79 Å². The monoisotopic (exact) mass is 398 g/mol. The highest BCUT2D eigenvalue weighted by molar-refractivity contribution is 5.94. The first-order valence-corrected chi connectivity index (χ1v) is 9.59. The Morgan fingerprint density at radius 3 is 2.57 bits per heavy atom. The van der Waals surface area contributed by atoms with Crippen molar-refractivity contribution in [2.45, 2.75) is 6.54 Å². The van der Waals surface area contributed by atoms with Gasteiger partial charge < -0.3 is 15.5 Å². The van der Waals surface area contributed by atoms with Gasteiger partial charge >= 0.3 is 6.03 Å². The number of rotatable bonds is 6. The quantitative estimate of drug-likeness (QED) is 0.506. The zero-order chi connectivity index (χ0) is 20.8. The molecule has 2 aromatic carbocycles. The lowest BCUT2D eigenvalue weighted by Gasteiger charge is -2.23. The maximum Gasteiger partial charge on any atom is 0.319 e. The van der Waals surface area contributed by atoms with Gasteiger partial charge in [-0.05, 0) is 36.4 Å². The van der Waals surface area contributed by atoms with Gasteiger partial charge in [0.15, 0.2) is 5.82 Å². The number of hydrogen-bond acceptors (Lipinski definition) is 4. The van der Waals surface area contributed by atoms with E-state index in [0.29, 0.717) is 12.4 Å². The third kappa shape index (κ3) is 4.30. The molecule has 4 aromatic rings. The summed E-state index contributed by atoms with van der Waals surface area (Å²) in [5, 5.41) is 10.1. The largest absolute Gasteiger partial charge is 0.343 e. The van der Waals surface area contributed by atoms with Crippen LogP contribution in [-0.2, 0) is 6.54 Å². The summed E-state index contributed by atoms with van der Waals surface area (Å²) < 4.78 is 1.68. The molecule has 0 bridgehead atoms. The number of para-hydroxylation sites is 3. The van der Waals surface area contributed by atoms with Crippen LogP contribution in [0.25, 0.3) is 5.82 Å². The standard InChI is InChI=1S/C23H22N6O/c1-28(19-10-3-2-4-11-19)21-13-6-5-12-20(21)27-23(30)25-17-18-9-7-14-24-22(18)29-16-8-15-26-29/h2-16H,17H2,1H3,(H2,25,27,30). The Balaban J connectivity index is 1.46. The highest BCUT2D eigenvalue weighted by atomic mass is 16.2. The average Bonchev–Trinajstić information content (AvgIpc) is 3.33. The van der Waals surface area contributed by atoms with Gasteiger partial charge in [0, 0.05) is 43.4 Å². The molecular weight excluding hydrogens is 376 g/mol. The topological polar surface area (TPSA) is 75.1 Å². The van der Waals surface area contributed by atoms with Gasteiger partial charge in [-0.1, -0.05) is 36.4 Å². The Bertz CT molecular complexity index is 1110. The smallest absolute Gasteiger partial charge is 0.319 e. The van der Waals surface area contributed by atoms with E-state index in [0.717, 1.165) is 22.6 Å². The van der Waals surface area contributed by atoms with Gasteiger partial charge in [0.25, 0.3) is 0 Å². The van der Waals surface area contributed by atoms with Crippen LogP contribution >= 0.6 is 0 Å². The predicted molar refractivity (Wildman–Crippen MR) is 118 cm³/mol. The van der Waals surface area contributed by atoms with E-state index in [4.69, 9.17) is 0 Å². The third-order valence-electron chi connectivity index (χ3n) is 4.69. The van der Waals surface area contributed by atoms with Crippen molar-refractivity contribution in [1.29, 1.82) is 0 Å². The molecule has 2 amide bonds. The fraction of sp³-hybridized carbons (Fsp3) is 0.0870. The van der Waals surface area contributed by atoms with Gasteiger partial charge in [-0.15, -0.1) is 0 Å². The van der Waals surface area contributed by atoms with Gasteiger partial charge in [-0.25, -0.2) is 14.5 Å². The average molecular weight is 398 g/mol. The van der Waals surface area contributed by atoms with E-state index in [2.05, 4.69) is 20.7 Å². The minimum Gasteiger partial charge on any atom is -0.343 e. The molecule has 4 rings (SSSR count). The Labute approximate surface area is 175 Å². The number of nitrogens with zero attached hydrogens (tertiary/aromatic N) is 4. The van der Waals surface area contributed by atoms with Crippen LogP contribution in [0.4, 0.5) is 21.9 Å². The van der Waals surface area contributed by atoms with Crippen molar-refractivity contribution in [3.8, 4) is 5.82 Å². The number of pyridine rings is 1. The minimum absolute atomic E-state index is 0.292. The van der Waals surface area contributed by atoms with Gasteiger partial charge in [0.05, 0.1) is 11.4 Å². The summed E-state index contributed by atoms with van der Waals surface area (Å²) in [5.41, 5.74) is 3.52. The molecule has 2 heterocycles. The van der Waals surface area contributed by atoms with E-state index in [1.54, 1.807) is 17.1 Å². The van der Waals surface area contributed by atoms with Crippen LogP contribution in [0.15, 0.2) is 91.4 Å². The first-order chi connectivity index (χ1) is 14.7. The number of benzene rings is 2. The number of anilines is 3. The second-order valence-corrected chi connectivity index (χ2v) is 6.66. The molecule has 7 nitrogen and oxygen atoms in total. The molecule has 0 atom stereocenters. The zero-order valence-electron chi connectivity index (χ0n) is 16.6. The summed E-state index contributed by atoms with van der Waals surface area (Å²) in [5.74, 6) is 0.687. The Hall–Kier alpha value is -4.13. The number of urea groups is 1. The number of hydrogen-bond donors (Lipinski definition) is 2. The summed E-state index contributed by atoms with van der Waals surface area (Å²) in [7, 11) is 1.97. The van der Waals surface area contributed by atoms with Crippen LogP contribution < -0.4 is 15.5 Å². The number of carbonyl (C=O) groups is 1. The van der Waals surface area contributed by atoms with Crippen molar-refractivity contribution in [2.24, 2.45) is 0 Å². The molecular formula is C23H22N6O. The van der Waals surface area contributed by atoms with Crippen molar-refractivity contribution in [1.82, 2.24) is 20.1 Å². The molecule has 0 saturated heterocycles. The van der Waals surface area contributed by atoms with Crippen molar-refractivity contribution in [2.75, 3.05) is 17.3 Å². The predicted octanol–water partition coefficient (Wildman–Crippen LogP) is 4.36. The Kier molecular flexibility index (Phi) is 5.70. The fourth-order valence-electron chi connectivity index (χ4n) is 3.17. The van der Waals surface area contributed by atoms with E-state index in [1.807, 2.05) is 90.9 Å². The maximum absolute atomic E-state index is 12.6. The van der Waals surface area contributed by atoms with Crippen LogP contribution in [0.1, 0.15) is 5.56 Å². The summed E-state index contributed by atoms with van der Waals surface area (Å²) in [6, 6.07) is 23.0. The number of carbonyl (C=O) groups excluding carboxylic acids is 1. The molecule has 7 heteroatoms. The molecule has 0 aliphatic heterocycles. The van der Waals surface area contributed by atoms with Crippen LogP contribution in [0.5, 0.6) is 0 Å². The molecule has 0 radical (unpaired) electrons. The van der Waals surface area contributed by atoms with Gasteiger partial charge in [0.1, 0.15) is 0 Å². The highest BCUT2D eigenvalue weighted by Gasteiger charge is 2.12. The van der Waals surface area contributed by atoms with E-state index < -0.39 is 0 Å².